The summed E-state index contributed by atoms with van der Waals surface area (Å²) in [7, 11) is 0. The summed E-state index contributed by atoms with van der Waals surface area (Å²) in [6, 6.07) is 2.73. The molecule has 0 radical (unpaired) electrons. The van der Waals surface area contributed by atoms with E-state index >= 15 is 0 Å². The van der Waals surface area contributed by atoms with Gasteiger partial charge in [-0.2, -0.15) is 0 Å². The van der Waals surface area contributed by atoms with E-state index in [4.69, 9.17) is 4.74 Å². The third-order valence-corrected chi connectivity index (χ3v) is 7.39. The Morgan fingerprint density at radius 1 is 0.568 bits per heavy atom. The normalized spacial score (nSPS) is 21.1. The second-order valence-corrected chi connectivity index (χ2v) is 12.7. The molecule has 37 heavy (non-hydrogen) atoms. The topological polar surface area (TPSA) is 54.5 Å². The summed E-state index contributed by atoms with van der Waals surface area (Å²) < 4.78 is 5.34. The third kappa shape index (κ3) is 14.1. The number of piperazine rings is 3. The second kappa shape index (κ2) is 16.9. The average molecular weight is 527 g/mol. The number of nitrogens with one attached hydrogen (secondary N) is 1. The van der Waals surface area contributed by atoms with Gasteiger partial charge >= 0.3 is 6.09 Å². The van der Waals surface area contributed by atoms with E-state index in [9.17, 15) is 4.79 Å². The number of hydrogen-bond donors (Lipinski definition) is 1. The van der Waals surface area contributed by atoms with Crippen LogP contribution in [0.1, 0.15) is 76.2 Å². The summed E-state index contributed by atoms with van der Waals surface area (Å²) in [6.45, 7) is 36.9. The predicted octanol–water partition coefficient (Wildman–Crippen LogP) is 3.67. The monoisotopic (exact) mass is 526 g/mol. The van der Waals surface area contributed by atoms with E-state index in [1.54, 1.807) is 4.90 Å². The highest BCUT2D eigenvalue weighted by atomic mass is 16.6. The molecule has 0 atom stereocenters. The molecule has 8 heteroatoms. The fourth-order valence-electron chi connectivity index (χ4n) is 4.72. The van der Waals surface area contributed by atoms with Gasteiger partial charge < -0.3 is 15.0 Å². The summed E-state index contributed by atoms with van der Waals surface area (Å²) in [6.07, 6.45) is -0.184. The van der Waals surface area contributed by atoms with Crippen LogP contribution in [-0.2, 0) is 4.74 Å². The van der Waals surface area contributed by atoms with Crippen molar-refractivity contribution in [3.8, 4) is 0 Å². The van der Waals surface area contributed by atoms with E-state index in [2.05, 4.69) is 80.3 Å². The minimum absolute atomic E-state index is 0.184. The van der Waals surface area contributed by atoms with Crippen molar-refractivity contribution < 1.29 is 9.53 Å². The molecule has 0 aromatic rings. The van der Waals surface area contributed by atoms with E-state index in [1.807, 2.05) is 20.8 Å². The maximum Gasteiger partial charge on any atom is 0.410 e. The van der Waals surface area contributed by atoms with Gasteiger partial charge in [-0.1, -0.05) is 0 Å². The SMILES string of the molecule is CC(C)N1CCN(C(=O)OC(C)(C)C)CC1.CC(C)N1CCN(C(C)C)CC1.CC(C)N1CCNCC1. The number of hydrogen-bond acceptors (Lipinski definition) is 7. The fourth-order valence-corrected chi connectivity index (χ4v) is 4.72. The molecule has 8 nitrogen and oxygen atoms in total. The Labute approximate surface area is 230 Å². The van der Waals surface area contributed by atoms with Crippen molar-refractivity contribution in [2.45, 2.75) is 106 Å². The molecule has 0 unspecified atom stereocenters. The molecule has 220 valence electrons. The van der Waals surface area contributed by atoms with Gasteiger partial charge in [0.05, 0.1) is 0 Å². The van der Waals surface area contributed by atoms with Crippen LogP contribution in [0.15, 0.2) is 0 Å². The van der Waals surface area contributed by atoms with E-state index in [0.29, 0.717) is 6.04 Å². The highest BCUT2D eigenvalue weighted by Crippen LogP contribution is 2.13. The molecule has 3 aliphatic rings. The minimum Gasteiger partial charge on any atom is -0.444 e. The zero-order chi connectivity index (χ0) is 28.2. The Morgan fingerprint density at radius 3 is 1.14 bits per heavy atom. The standard InChI is InChI=1S/C12H24N2O2.C10H22N2.C7H16N2/c1-10(2)13-6-8-14(9-7-13)11(15)16-12(3,4)5;1-9(2)11-5-7-12(8-6-11)10(3)4;1-7(2)9-5-3-8-4-6-9/h10H,6-9H2,1-5H3;9-10H,5-8H2,1-4H3;7-8H,3-6H2,1-2H3. The minimum atomic E-state index is -0.397. The summed E-state index contributed by atoms with van der Waals surface area (Å²) in [4.78, 5) is 23.6. The van der Waals surface area contributed by atoms with Crippen molar-refractivity contribution in [3.63, 3.8) is 0 Å². The molecule has 0 aromatic carbocycles. The second-order valence-electron chi connectivity index (χ2n) is 12.7. The zero-order valence-electron chi connectivity index (χ0n) is 26.3. The molecular weight excluding hydrogens is 464 g/mol. The summed E-state index contributed by atoms with van der Waals surface area (Å²) in [5, 5.41) is 3.33. The Morgan fingerprint density at radius 2 is 0.865 bits per heavy atom. The van der Waals surface area contributed by atoms with Crippen molar-refractivity contribution in [1.29, 1.82) is 0 Å². The lowest BCUT2D eigenvalue weighted by Gasteiger charge is -2.38. The summed E-state index contributed by atoms with van der Waals surface area (Å²) >= 11 is 0. The van der Waals surface area contributed by atoms with Gasteiger partial charge in [-0.25, -0.2) is 4.79 Å². The molecule has 0 saturated carbocycles. The number of amides is 1. The van der Waals surface area contributed by atoms with Crippen LogP contribution in [0.5, 0.6) is 0 Å². The van der Waals surface area contributed by atoms with Crippen molar-refractivity contribution in [2.24, 2.45) is 0 Å². The number of carbonyl (C=O) groups is 1. The van der Waals surface area contributed by atoms with Crippen molar-refractivity contribution in [2.75, 3.05) is 78.5 Å². The molecule has 1 N–H and O–H groups in total. The molecule has 3 saturated heterocycles. The summed E-state index contributed by atoms with van der Waals surface area (Å²) in [5.41, 5.74) is -0.397. The first-order valence-corrected chi connectivity index (χ1v) is 14.9. The molecule has 3 rings (SSSR count). The molecule has 0 aliphatic carbocycles. The van der Waals surface area contributed by atoms with Crippen molar-refractivity contribution in [3.05, 3.63) is 0 Å². The zero-order valence-corrected chi connectivity index (χ0v) is 26.3. The summed E-state index contributed by atoms with van der Waals surface area (Å²) in [5.74, 6) is 0. The van der Waals surface area contributed by atoms with Gasteiger partial charge in [0, 0.05) is 103 Å². The molecule has 1 amide bonds. The third-order valence-electron chi connectivity index (χ3n) is 7.39. The van der Waals surface area contributed by atoms with Gasteiger partial charge in [0.2, 0.25) is 0 Å². The predicted molar refractivity (Wildman–Crippen MR) is 158 cm³/mol. The van der Waals surface area contributed by atoms with Crippen LogP contribution in [-0.4, -0.2) is 139 Å². The molecular formula is C29H62N6O2. The lowest BCUT2D eigenvalue weighted by atomic mass is 10.2. The van der Waals surface area contributed by atoms with E-state index in [1.165, 1.54) is 39.3 Å². The molecule has 0 spiro atoms. The smallest absolute Gasteiger partial charge is 0.410 e. The molecule has 3 aliphatic heterocycles. The number of nitrogens with zero attached hydrogens (tertiary/aromatic N) is 5. The Kier molecular flexibility index (Phi) is 15.6. The van der Waals surface area contributed by atoms with Crippen LogP contribution in [0.25, 0.3) is 0 Å². The Balaban J connectivity index is 0.000000289. The maximum atomic E-state index is 11.8. The van der Waals surface area contributed by atoms with Crippen LogP contribution in [0.3, 0.4) is 0 Å². The number of ether oxygens (including phenoxy) is 1. The van der Waals surface area contributed by atoms with Gasteiger partial charge in [0.15, 0.2) is 0 Å². The van der Waals surface area contributed by atoms with Gasteiger partial charge in [-0.15, -0.1) is 0 Å². The number of rotatable bonds is 4. The highest BCUT2D eigenvalue weighted by molar-refractivity contribution is 5.68. The average Bonchev–Trinajstić information content (AvgIpc) is 2.84. The van der Waals surface area contributed by atoms with E-state index in [0.717, 1.165) is 57.4 Å². The highest BCUT2D eigenvalue weighted by Gasteiger charge is 2.26. The molecule has 3 heterocycles. The van der Waals surface area contributed by atoms with Crippen molar-refractivity contribution in [1.82, 2.24) is 29.8 Å². The first kappa shape index (κ1) is 34.1. The molecule has 0 aromatic heterocycles. The maximum absolute atomic E-state index is 11.8. The van der Waals surface area contributed by atoms with Crippen LogP contribution in [0.4, 0.5) is 4.79 Å². The van der Waals surface area contributed by atoms with Gasteiger partial charge in [0.1, 0.15) is 5.60 Å². The Hall–Kier alpha value is -0.930. The fraction of sp³-hybridized carbons (Fsp3) is 0.966. The van der Waals surface area contributed by atoms with Crippen molar-refractivity contribution >= 4 is 6.09 Å². The van der Waals surface area contributed by atoms with Crippen LogP contribution < -0.4 is 5.32 Å². The van der Waals surface area contributed by atoms with E-state index in [-0.39, 0.29) is 6.09 Å². The molecule has 0 bridgehead atoms. The van der Waals surface area contributed by atoms with Crippen LogP contribution in [0, 0.1) is 0 Å². The van der Waals surface area contributed by atoms with E-state index < -0.39 is 5.60 Å². The first-order valence-electron chi connectivity index (χ1n) is 14.9. The van der Waals surface area contributed by atoms with Crippen LogP contribution in [0.2, 0.25) is 0 Å². The Bertz CT molecular complexity index is 582. The van der Waals surface area contributed by atoms with Gasteiger partial charge in [0.25, 0.3) is 0 Å². The lowest BCUT2D eigenvalue weighted by Crippen LogP contribution is -2.51. The number of carbonyl (C=O) groups excluding carboxylic acids is 1. The largest absolute Gasteiger partial charge is 0.444 e. The lowest BCUT2D eigenvalue weighted by molar-refractivity contribution is 0.0118. The quantitative estimate of drug-likeness (QED) is 0.600. The van der Waals surface area contributed by atoms with Gasteiger partial charge in [-0.05, 0) is 76.2 Å². The van der Waals surface area contributed by atoms with Crippen LogP contribution >= 0.6 is 0 Å². The molecule has 3 fully saturated rings. The van der Waals surface area contributed by atoms with Gasteiger partial charge in [-0.3, -0.25) is 19.6 Å². The first-order chi connectivity index (χ1) is 17.2.